The first kappa shape index (κ1) is 9.64. The molecule has 0 spiro atoms. The van der Waals surface area contributed by atoms with Crippen molar-refractivity contribution in [3.63, 3.8) is 0 Å². The molecule has 0 amide bonds. The van der Waals surface area contributed by atoms with Crippen molar-refractivity contribution in [1.82, 2.24) is 9.55 Å². The van der Waals surface area contributed by atoms with Gasteiger partial charge >= 0.3 is 0 Å². The van der Waals surface area contributed by atoms with Crippen LogP contribution in [-0.2, 0) is 6.42 Å². The first-order chi connectivity index (χ1) is 7.84. The highest BCUT2D eigenvalue weighted by Gasteiger charge is 2.18. The second-order valence-electron chi connectivity index (χ2n) is 4.56. The summed E-state index contributed by atoms with van der Waals surface area (Å²) in [6, 6.07) is 11.0. The van der Waals surface area contributed by atoms with Gasteiger partial charge in [-0.2, -0.15) is 0 Å². The predicted octanol–water partition coefficient (Wildman–Crippen LogP) is 3.45. The smallest absolute Gasteiger partial charge is 0.109 e. The fourth-order valence-corrected chi connectivity index (χ4v) is 2.44. The summed E-state index contributed by atoms with van der Waals surface area (Å²) in [5.41, 5.74) is 2.33. The van der Waals surface area contributed by atoms with E-state index in [9.17, 15) is 0 Å². The summed E-state index contributed by atoms with van der Waals surface area (Å²) < 4.78 is 2.34. The number of hydrogen-bond donors (Lipinski definition) is 0. The summed E-state index contributed by atoms with van der Waals surface area (Å²) in [6.07, 6.45) is 5.87. The van der Waals surface area contributed by atoms with E-state index >= 15 is 0 Å². The van der Waals surface area contributed by atoms with Gasteiger partial charge in [-0.3, -0.25) is 0 Å². The minimum absolute atomic E-state index is 0.605. The van der Waals surface area contributed by atoms with Gasteiger partial charge in [-0.25, -0.2) is 4.98 Å². The molecular formula is C14H16N2. The van der Waals surface area contributed by atoms with Crippen molar-refractivity contribution < 1.29 is 0 Å². The van der Waals surface area contributed by atoms with Gasteiger partial charge in [0.2, 0.25) is 0 Å². The number of aryl methyl sites for hydroxylation is 1. The van der Waals surface area contributed by atoms with Crippen molar-refractivity contribution in [1.29, 1.82) is 0 Å². The normalized spacial score (nSPS) is 19.4. The molecule has 2 heterocycles. The average Bonchev–Trinajstić information content (AvgIpc) is 2.76. The fraction of sp³-hybridized carbons (Fsp3) is 0.357. The maximum Gasteiger partial charge on any atom is 0.109 e. The highest BCUT2D eigenvalue weighted by molar-refractivity contribution is 5.58. The van der Waals surface area contributed by atoms with Crippen LogP contribution in [-0.4, -0.2) is 9.55 Å². The molecule has 1 aliphatic rings. The van der Waals surface area contributed by atoms with E-state index in [0.717, 1.165) is 12.1 Å². The number of benzene rings is 1. The minimum atomic E-state index is 0.605. The van der Waals surface area contributed by atoms with E-state index in [-0.39, 0.29) is 0 Å². The van der Waals surface area contributed by atoms with Gasteiger partial charge in [0, 0.05) is 24.2 Å². The molecule has 1 atom stereocenters. The second kappa shape index (κ2) is 3.78. The molecule has 0 aliphatic carbocycles. The molecule has 2 heteroatoms. The highest BCUT2D eigenvalue weighted by atomic mass is 15.1. The van der Waals surface area contributed by atoms with Crippen LogP contribution >= 0.6 is 0 Å². The van der Waals surface area contributed by atoms with E-state index < -0.39 is 0 Å². The van der Waals surface area contributed by atoms with Gasteiger partial charge in [0.15, 0.2) is 0 Å². The molecule has 2 nitrogen and oxygen atoms in total. The zero-order chi connectivity index (χ0) is 11.0. The lowest BCUT2D eigenvalue weighted by atomic mass is 10.1. The fourth-order valence-electron chi connectivity index (χ4n) is 2.44. The number of imidazole rings is 1. The van der Waals surface area contributed by atoms with Crippen LogP contribution in [0.1, 0.15) is 31.6 Å². The SMILES string of the molecule is CC1CCCc2nc(-c3ccccc3)cn21. The largest absolute Gasteiger partial charge is 0.331 e. The molecule has 0 radical (unpaired) electrons. The van der Waals surface area contributed by atoms with Crippen LogP contribution in [0.5, 0.6) is 0 Å². The molecule has 0 saturated heterocycles. The third-order valence-corrected chi connectivity index (χ3v) is 3.38. The van der Waals surface area contributed by atoms with Gasteiger partial charge in [-0.1, -0.05) is 30.3 Å². The monoisotopic (exact) mass is 212 g/mol. The van der Waals surface area contributed by atoms with Crippen LogP contribution in [0.2, 0.25) is 0 Å². The van der Waals surface area contributed by atoms with Gasteiger partial charge in [-0.05, 0) is 19.8 Å². The van der Waals surface area contributed by atoms with Crippen molar-refractivity contribution in [3.8, 4) is 11.3 Å². The summed E-state index contributed by atoms with van der Waals surface area (Å²) >= 11 is 0. The van der Waals surface area contributed by atoms with Gasteiger partial charge in [0.1, 0.15) is 5.82 Å². The third kappa shape index (κ3) is 1.54. The highest BCUT2D eigenvalue weighted by Crippen LogP contribution is 2.27. The maximum absolute atomic E-state index is 4.73. The topological polar surface area (TPSA) is 17.8 Å². The molecule has 3 rings (SSSR count). The summed E-state index contributed by atoms with van der Waals surface area (Å²) in [4.78, 5) is 4.73. The number of aromatic nitrogens is 2. The molecule has 0 N–H and O–H groups in total. The Kier molecular flexibility index (Phi) is 2.28. The third-order valence-electron chi connectivity index (χ3n) is 3.38. The standard InChI is InChI=1S/C14H16N2/c1-11-6-5-9-14-15-13(10-16(11)14)12-7-3-2-4-8-12/h2-4,7-8,10-11H,5-6,9H2,1H3. The Balaban J connectivity index is 2.05. The molecule has 2 aromatic rings. The van der Waals surface area contributed by atoms with Crippen molar-refractivity contribution in [2.45, 2.75) is 32.2 Å². The molecule has 1 aliphatic heterocycles. The molecular weight excluding hydrogens is 196 g/mol. The van der Waals surface area contributed by atoms with Crippen LogP contribution in [0.15, 0.2) is 36.5 Å². The molecule has 1 unspecified atom stereocenters. The number of hydrogen-bond acceptors (Lipinski definition) is 1. The second-order valence-corrected chi connectivity index (χ2v) is 4.56. The van der Waals surface area contributed by atoms with E-state index in [4.69, 9.17) is 4.98 Å². The Labute approximate surface area is 95.9 Å². The molecule has 82 valence electrons. The van der Waals surface area contributed by atoms with Crippen molar-refractivity contribution >= 4 is 0 Å². The minimum Gasteiger partial charge on any atom is -0.331 e. The molecule has 0 fully saturated rings. The Morgan fingerprint density at radius 1 is 1.25 bits per heavy atom. The lowest BCUT2D eigenvalue weighted by molar-refractivity contribution is 0.426. The van der Waals surface area contributed by atoms with Crippen LogP contribution < -0.4 is 0 Å². The van der Waals surface area contributed by atoms with E-state index in [1.807, 2.05) is 6.07 Å². The maximum atomic E-state index is 4.73. The molecule has 0 saturated carbocycles. The van der Waals surface area contributed by atoms with Crippen molar-refractivity contribution in [3.05, 3.63) is 42.4 Å². The molecule has 1 aromatic heterocycles. The average molecular weight is 212 g/mol. The van der Waals surface area contributed by atoms with Gasteiger partial charge in [0.25, 0.3) is 0 Å². The predicted molar refractivity (Wildman–Crippen MR) is 65.3 cm³/mol. The van der Waals surface area contributed by atoms with E-state index in [0.29, 0.717) is 6.04 Å². The van der Waals surface area contributed by atoms with Gasteiger partial charge < -0.3 is 4.57 Å². The summed E-state index contributed by atoms with van der Waals surface area (Å²) in [7, 11) is 0. The van der Waals surface area contributed by atoms with Gasteiger partial charge in [-0.15, -0.1) is 0 Å². The zero-order valence-electron chi connectivity index (χ0n) is 9.56. The summed E-state index contributed by atoms with van der Waals surface area (Å²) in [6.45, 7) is 2.28. The quantitative estimate of drug-likeness (QED) is 0.708. The lowest BCUT2D eigenvalue weighted by Crippen LogP contribution is -2.14. The molecule has 16 heavy (non-hydrogen) atoms. The van der Waals surface area contributed by atoms with Gasteiger partial charge in [0.05, 0.1) is 5.69 Å². The first-order valence-corrected chi connectivity index (χ1v) is 5.98. The van der Waals surface area contributed by atoms with E-state index in [2.05, 4.69) is 42.0 Å². The van der Waals surface area contributed by atoms with Crippen molar-refractivity contribution in [2.75, 3.05) is 0 Å². The van der Waals surface area contributed by atoms with E-state index in [1.165, 1.54) is 24.2 Å². The van der Waals surface area contributed by atoms with Crippen molar-refractivity contribution in [2.24, 2.45) is 0 Å². The number of nitrogens with zero attached hydrogens (tertiary/aromatic N) is 2. The number of fused-ring (bicyclic) bond motifs is 1. The number of rotatable bonds is 1. The summed E-state index contributed by atoms with van der Waals surface area (Å²) in [5.74, 6) is 1.25. The first-order valence-electron chi connectivity index (χ1n) is 5.98. The van der Waals surface area contributed by atoms with Crippen LogP contribution in [0.25, 0.3) is 11.3 Å². The Morgan fingerprint density at radius 2 is 2.06 bits per heavy atom. The Bertz CT molecular complexity index is 485. The van der Waals surface area contributed by atoms with Crippen LogP contribution in [0.4, 0.5) is 0 Å². The molecule has 0 bridgehead atoms. The Hall–Kier alpha value is -1.57. The zero-order valence-corrected chi connectivity index (χ0v) is 9.56. The lowest BCUT2D eigenvalue weighted by Gasteiger charge is -2.20. The van der Waals surface area contributed by atoms with Crippen LogP contribution in [0.3, 0.4) is 0 Å². The van der Waals surface area contributed by atoms with Crippen LogP contribution in [0, 0.1) is 0 Å². The van der Waals surface area contributed by atoms with E-state index in [1.54, 1.807) is 0 Å². The molecule has 1 aromatic carbocycles. The summed E-state index contributed by atoms with van der Waals surface area (Å²) in [5, 5.41) is 0. The Morgan fingerprint density at radius 3 is 2.81 bits per heavy atom.